The van der Waals surface area contributed by atoms with Crippen LogP contribution in [0.2, 0.25) is 0 Å². The number of rotatable bonds is 1. The van der Waals surface area contributed by atoms with Gasteiger partial charge in [-0.05, 0) is 0 Å². The molecule has 0 radical (unpaired) electrons. The number of guanidine groups is 1. The molecule has 0 fully saturated rings. The minimum absolute atomic E-state index is 0.0924. The first-order valence-corrected chi connectivity index (χ1v) is 3.62. The molecule has 0 saturated heterocycles. The first kappa shape index (κ1) is 6.96. The highest BCUT2D eigenvalue weighted by molar-refractivity contribution is 5.80. The zero-order valence-electron chi connectivity index (χ0n) is 6.41. The number of H-pyrrole nitrogens is 1. The average Bonchev–Trinajstić information content (AvgIpc) is 2.58. The molecule has 12 heavy (non-hydrogen) atoms. The Labute approximate surface area is 69.1 Å². The summed E-state index contributed by atoms with van der Waals surface area (Å²) >= 11 is 0. The lowest BCUT2D eigenvalue weighted by atomic mass is 10.2. The number of aromatic amines is 1. The molecule has 1 unspecified atom stereocenters. The van der Waals surface area contributed by atoms with E-state index in [-0.39, 0.29) is 6.04 Å². The summed E-state index contributed by atoms with van der Waals surface area (Å²) in [5.41, 5.74) is 11.8. The molecule has 1 atom stereocenters. The van der Waals surface area contributed by atoms with Crippen LogP contribution >= 0.6 is 0 Å². The Morgan fingerprint density at radius 2 is 2.33 bits per heavy atom. The van der Waals surface area contributed by atoms with Gasteiger partial charge >= 0.3 is 0 Å². The minimum Gasteiger partial charge on any atom is -0.370 e. The van der Waals surface area contributed by atoms with Gasteiger partial charge in [0.2, 0.25) is 0 Å². The predicted molar refractivity (Wildman–Crippen MR) is 45.4 cm³/mol. The van der Waals surface area contributed by atoms with E-state index in [2.05, 4.69) is 20.3 Å². The van der Waals surface area contributed by atoms with Crippen LogP contribution in [0.3, 0.4) is 0 Å². The van der Waals surface area contributed by atoms with Gasteiger partial charge in [0, 0.05) is 0 Å². The predicted octanol–water partition coefficient (Wildman–Crippen LogP) is -1.05. The summed E-state index contributed by atoms with van der Waals surface area (Å²) in [5.74, 6) is 0.880. The number of aromatic nitrogens is 2. The monoisotopic (exact) mass is 166 g/mol. The van der Waals surface area contributed by atoms with Crippen molar-refractivity contribution < 1.29 is 0 Å². The molecular weight excluding hydrogens is 156 g/mol. The van der Waals surface area contributed by atoms with Gasteiger partial charge in [-0.3, -0.25) is 4.99 Å². The highest BCUT2D eigenvalue weighted by atomic mass is 15.2. The highest BCUT2D eigenvalue weighted by Crippen LogP contribution is 2.14. The van der Waals surface area contributed by atoms with Crippen LogP contribution in [0.5, 0.6) is 0 Å². The van der Waals surface area contributed by atoms with Gasteiger partial charge in [0.05, 0.1) is 24.5 Å². The normalized spacial score (nSPS) is 22.0. The maximum absolute atomic E-state index is 5.44. The van der Waals surface area contributed by atoms with Crippen molar-refractivity contribution in [3.8, 4) is 0 Å². The molecule has 0 aliphatic carbocycles. The molecule has 1 aromatic heterocycles. The van der Waals surface area contributed by atoms with Crippen molar-refractivity contribution in [2.24, 2.45) is 10.7 Å². The van der Waals surface area contributed by atoms with Crippen LogP contribution in [0.15, 0.2) is 11.2 Å². The molecule has 6 N–H and O–H groups in total. The van der Waals surface area contributed by atoms with Gasteiger partial charge in [0.15, 0.2) is 11.9 Å². The van der Waals surface area contributed by atoms with E-state index in [4.69, 9.17) is 11.5 Å². The number of anilines is 1. The number of nitrogens with zero attached hydrogens (tertiary/aromatic N) is 2. The van der Waals surface area contributed by atoms with E-state index in [0.29, 0.717) is 18.5 Å². The lowest BCUT2D eigenvalue weighted by molar-refractivity contribution is 0.688. The lowest BCUT2D eigenvalue weighted by Gasteiger charge is -2.06. The number of nitrogen functional groups attached to an aromatic ring is 1. The van der Waals surface area contributed by atoms with Crippen LogP contribution < -0.4 is 16.8 Å². The summed E-state index contributed by atoms with van der Waals surface area (Å²) in [6.07, 6.45) is 1.68. The van der Waals surface area contributed by atoms with E-state index in [1.165, 1.54) is 0 Å². The van der Waals surface area contributed by atoms with Gasteiger partial charge in [-0.2, -0.15) is 0 Å². The molecule has 0 bridgehead atoms. The fourth-order valence-corrected chi connectivity index (χ4v) is 1.16. The fourth-order valence-electron chi connectivity index (χ4n) is 1.16. The molecule has 0 amide bonds. The molecule has 0 spiro atoms. The summed E-state index contributed by atoms with van der Waals surface area (Å²) in [6, 6.07) is 0.0924. The van der Waals surface area contributed by atoms with E-state index in [1.807, 2.05) is 0 Å². The third-order valence-electron chi connectivity index (χ3n) is 1.76. The van der Waals surface area contributed by atoms with Crippen LogP contribution in [0.25, 0.3) is 0 Å². The van der Waals surface area contributed by atoms with Crippen LogP contribution in [-0.4, -0.2) is 22.5 Å². The van der Waals surface area contributed by atoms with Crippen LogP contribution in [0, 0.1) is 0 Å². The largest absolute Gasteiger partial charge is 0.370 e. The highest BCUT2D eigenvalue weighted by Gasteiger charge is 2.18. The molecule has 0 aromatic carbocycles. The minimum atomic E-state index is 0.0924. The van der Waals surface area contributed by atoms with E-state index in [9.17, 15) is 0 Å². The number of hydrogen-bond donors (Lipinski definition) is 4. The summed E-state index contributed by atoms with van der Waals surface area (Å²) in [7, 11) is 0. The Kier molecular flexibility index (Phi) is 1.39. The molecular formula is C6H10N6. The van der Waals surface area contributed by atoms with E-state index < -0.39 is 0 Å². The van der Waals surface area contributed by atoms with Crippen LogP contribution in [-0.2, 0) is 0 Å². The second-order valence-electron chi connectivity index (χ2n) is 2.65. The van der Waals surface area contributed by atoms with Crippen molar-refractivity contribution in [1.82, 2.24) is 15.3 Å². The number of hydrogen-bond acceptors (Lipinski definition) is 5. The van der Waals surface area contributed by atoms with E-state index in [1.54, 1.807) is 6.20 Å². The molecule has 6 nitrogen and oxygen atoms in total. The zero-order valence-corrected chi connectivity index (χ0v) is 6.41. The Morgan fingerprint density at radius 3 is 2.83 bits per heavy atom. The molecule has 1 aromatic rings. The van der Waals surface area contributed by atoms with Crippen molar-refractivity contribution in [1.29, 1.82) is 0 Å². The molecule has 2 heterocycles. The third-order valence-corrected chi connectivity index (χ3v) is 1.76. The molecule has 1 aliphatic rings. The Hall–Kier alpha value is -1.72. The Bertz CT molecular complexity index is 314. The molecule has 2 rings (SSSR count). The van der Waals surface area contributed by atoms with Crippen molar-refractivity contribution >= 4 is 11.9 Å². The molecule has 64 valence electrons. The first-order chi connectivity index (χ1) is 5.75. The molecule has 1 aliphatic heterocycles. The standard InChI is InChI=1S/C6H10N6/c7-5-9-1-3(11-5)4-2-10-6(8)12-4/h1,4H,2H2,(H3,7,9,11)(H3,8,10,12). The summed E-state index contributed by atoms with van der Waals surface area (Å²) in [4.78, 5) is 10.8. The van der Waals surface area contributed by atoms with Gasteiger partial charge in [-0.25, -0.2) is 4.98 Å². The zero-order chi connectivity index (χ0) is 8.55. The number of aliphatic imine (C=N–C) groups is 1. The second-order valence-corrected chi connectivity index (χ2v) is 2.65. The maximum atomic E-state index is 5.44. The number of nitrogens with two attached hydrogens (primary N) is 2. The van der Waals surface area contributed by atoms with Gasteiger partial charge in [-0.15, -0.1) is 0 Å². The van der Waals surface area contributed by atoms with Crippen LogP contribution in [0.4, 0.5) is 5.95 Å². The fraction of sp³-hybridized carbons (Fsp3) is 0.333. The van der Waals surface area contributed by atoms with E-state index >= 15 is 0 Å². The van der Waals surface area contributed by atoms with Crippen molar-refractivity contribution in [3.63, 3.8) is 0 Å². The topological polar surface area (TPSA) is 105 Å². The summed E-state index contributed by atoms with van der Waals surface area (Å²) in [5, 5.41) is 2.98. The van der Waals surface area contributed by atoms with E-state index in [0.717, 1.165) is 5.69 Å². The maximum Gasteiger partial charge on any atom is 0.197 e. The average molecular weight is 166 g/mol. The third kappa shape index (κ3) is 1.07. The number of nitrogens with one attached hydrogen (secondary N) is 2. The number of imidazole rings is 1. The summed E-state index contributed by atoms with van der Waals surface area (Å²) in [6.45, 7) is 0.632. The quantitative estimate of drug-likeness (QED) is 0.427. The smallest absolute Gasteiger partial charge is 0.197 e. The second kappa shape index (κ2) is 2.40. The van der Waals surface area contributed by atoms with Gasteiger partial charge in [0.25, 0.3) is 0 Å². The Balaban J connectivity index is 2.13. The van der Waals surface area contributed by atoms with Crippen molar-refractivity contribution in [2.45, 2.75) is 6.04 Å². The van der Waals surface area contributed by atoms with Gasteiger partial charge in [0.1, 0.15) is 0 Å². The van der Waals surface area contributed by atoms with Gasteiger partial charge in [-0.1, -0.05) is 0 Å². The van der Waals surface area contributed by atoms with Crippen LogP contribution in [0.1, 0.15) is 11.7 Å². The van der Waals surface area contributed by atoms with Crippen molar-refractivity contribution in [3.05, 3.63) is 11.9 Å². The summed E-state index contributed by atoms with van der Waals surface area (Å²) < 4.78 is 0. The van der Waals surface area contributed by atoms with Gasteiger partial charge < -0.3 is 21.8 Å². The molecule has 0 saturated carbocycles. The lowest BCUT2D eigenvalue weighted by Crippen LogP contribution is -2.29. The SMILES string of the molecule is NC1=NCC(c2cnc(N)[nH]2)N1. The Morgan fingerprint density at radius 1 is 1.50 bits per heavy atom. The molecule has 6 heteroatoms. The van der Waals surface area contributed by atoms with Crippen molar-refractivity contribution in [2.75, 3.05) is 12.3 Å². The first-order valence-electron chi connectivity index (χ1n) is 3.62.